The fraction of sp³-hybridized carbons (Fsp3) is 0.677. The van der Waals surface area contributed by atoms with E-state index in [9.17, 15) is 9.59 Å². The molecule has 1 aromatic rings. The molecule has 35 heavy (non-hydrogen) atoms. The molecule has 3 aliphatic carbocycles. The van der Waals surface area contributed by atoms with Crippen molar-refractivity contribution in [2.45, 2.75) is 86.1 Å². The van der Waals surface area contributed by atoms with Gasteiger partial charge in [0.05, 0.1) is 0 Å². The third-order valence-corrected chi connectivity index (χ3v) is 10.9. The van der Waals surface area contributed by atoms with Crippen LogP contribution in [0.25, 0.3) is 0 Å². The number of anilines is 1. The molecule has 1 heterocycles. The second-order valence-electron chi connectivity index (χ2n) is 12.4. The summed E-state index contributed by atoms with van der Waals surface area (Å²) in [5, 5.41) is 3.26. The van der Waals surface area contributed by atoms with Gasteiger partial charge in [-0.25, -0.2) is 0 Å². The second kappa shape index (κ2) is 8.78. The van der Waals surface area contributed by atoms with E-state index in [1.165, 1.54) is 29.7 Å². The number of Topliss-reactive ketones (excluding diaryl/α,β-unsaturated/α-hetero) is 1. The number of aryl methyl sites for hydroxylation is 2. The van der Waals surface area contributed by atoms with Crippen LogP contribution < -0.4 is 10.2 Å². The van der Waals surface area contributed by atoms with Gasteiger partial charge in [0, 0.05) is 41.7 Å². The predicted octanol–water partition coefficient (Wildman–Crippen LogP) is 6.25. The summed E-state index contributed by atoms with van der Waals surface area (Å²) in [4.78, 5) is 28.5. The molecule has 7 atom stereocenters. The number of nitrogens with one attached hydrogen (secondary N) is 1. The third-order valence-electron chi connectivity index (χ3n) is 10.9. The number of nitrogens with zero attached hydrogens (tertiary/aromatic N) is 1. The summed E-state index contributed by atoms with van der Waals surface area (Å²) in [6.07, 6.45) is 10.7. The van der Waals surface area contributed by atoms with Crippen LogP contribution in [0.5, 0.6) is 0 Å². The number of carbonyl (C=O) groups excluding carboxylic acids is 2. The van der Waals surface area contributed by atoms with Crippen molar-refractivity contribution in [2.24, 2.45) is 34.5 Å². The molecule has 1 aromatic carbocycles. The minimum atomic E-state index is 0.0503. The first-order valence-electron chi connectivity index (χ1n) is 14.0. The van der Waals surface area contributed by atoms with Crippen LogP contribution in [0.2, 0.25) is 0 Å². The Hall–Kier alpha value is -2.10. The standard InChI is InChI=1S/C31H44N2O2/c1-7-33(8-2)28-19(3)17-21(18-20(28)4)29(35)25-11-10-23-22-9-12-26-31(6,16-14-27(34)32-26)24(22)13-15-30(23,25)5/h14,16-18,22-26H,7-13,15H2,1-6H3,(H,32,34)/t22-,23-,24-,25+,26+,30-,31+/m0/s1. The normalized spacial score (nSPS) is 37.8. The Kier molecular flexibility index (Phi) is 6.17. The first kappa shape index (κ1) is 24.6. The van der Waals surface area contributed by atoms with Crippen LogP contribution in [0.4, 0.5) is 5.69 Å². The van der Waals surface area contributed by atoms with E-state index in [1.54, 1.807) is 6.08 Å². The van der Waals surface area contributed by atoms with Crippen molar-refractivity contribution in [1.29, 1.82) is 0 Å². The van der Waals surface area contributed by atoms with Crippen molar-refractivity contribution in [1.82, 2.24) is 5.32 Å². The largest absolute Gasteiger partial charge is 0.372 e. The molecule has 0 saturated heterocycles. The van der Waals surface area contributed by atoms with Gasteiger partial charge in [0.25, 0.3) is 0 Å². The highest BCUT2D eigenvalue weighted by atomic mass is 16.1. The molecule has 0 aromatic heterocycles. The summed E-state index contributed by atoms with van der Waals surface area (Å²) >= 11 is 0. The van der Waals surface area contributed by atoms with Crippen LogP contribution in [0.15, 0.2) is 24.3 Å². The molecule has 0 radical (unpaired) electrons. The topological polar surface area (TPSA) is 49.4 Å². The number of benzene rings is 1. The SMILES string of the molecule is CCN(CC)c1c(C)cc(C(=O)[C@H]2CC[C@H]3[C@@H]4CC[C@H]5NC(=O)C=C[C@]5(C)[C@H]4CC[C@]23C)cc1C. The number of hydrogen-bond acceptors (Lipinski definition) is 3. The van der Waals surface area contributed by atoms with Gasteiger partial charge < -0.3 is 10.2 Å². The molecular weight excluding hydrogens is 432 g/mol. The van der Waals surface area contributed by atoms with E-state index in [-0.39, 0.29) is 28.7 Å². The highest BCUT2D eigenvalue weighted by molar-refractivity contribution is 5.99. The molecule has 3 saturated carbocycles. The smallest absolute Gasteiger partial charge is 0.243 e. The van der Waals surface area contributed by atoms with E-state index in [4.69, 9.17) is 0 Å². The molecule has 1 N–H and O–H groups in total. The van der Waals surface area contributed by atoms with E-state index < -0.39 is 0 Å². The van der Waals surface area contributed by atoms with Gasteiger partial charge in [-0.3, -0.25) is 9.59 Å². The van der Waals surface area contributed by atoms with Crippen LogP contribution in [-0.2, 0) is 4.79 Å². The highest BCUT2D eigenvalue weighted by Gasteiger charge is 2.60. The second-order valence-corrected chi connectivity index (χ2v) is 12.4. The number of hydrogen-bond donors (Lipinski definition) is 1. The number of fused-ring (bicyclic) bond motifs is 5. The number of carbonyl (C=O) groups is 2. The van der Waals surface area contributed by atoms with E-state index in [1.807, 2.05) is 0 Å². The minimum Gasteiger partial charge on any atom is -0.372 e. The van der Waals surface area contributed by atoms with Crippen molar-refractivity contribution in [3.05, 3.63) is 41.0 Å². The van der Waals surface area contributed by atoms with Gasteiger partial charge in [0.1, 0.15) is 0 Å². The average molecular weight is 477 g/mol. The first-order valence-corrected chi connectivity index (χ1v) is 14.0. The number of rotatable bonds is 5. The maximum atomic E-state index is 14.0. The van der Waals surface area contributed by atoms with Crippen LogP contribution in [-0.4, -0.2) is 30.8 Å². The zero-order chi connectivity index (χ0) is 25.1. The van der Waals surface area contributed by atoms with Gasteiger partial charge in [-0.05, 0) is 119 Å². The van der Waals surface area contributed by atoms with Crippen molar-refractivity contribution >= 4 is 17.4 Å². The lowest BCUT2D eigenvalue weighted by molar-refractivity contribution is -0.122. The highest BCUT2D eigenvalue weighted by Crippen LogP contribution is 2.65. The Morgan fingerprint density at radius 3 is 2.34 bits per heavy atom. The lowest BCUT2D eigenvalue weighted by atomic mass is 9.47. The maximum Gasteiger partial charge on any atom is 0.243 e. The van der Waals surface area contributed by atoms with Gasteiger partial charge in [-0.15, -0.1) is 0 Å². The number of amides is 1. The lowest BCUT2D eigenvalue weighted by Crippen LogP contribution is -2.59. The number of ketones is 1. The zero-order valence-electron chi connectivity index (χ0n) is 22.6. The molecule has 0 bridgehead atoms. The Labute approximate surface area is 211 Å². The van der Waals surface area contributed by atoms with Crippen LogP contribution in [0.1, 0.15) is 87.7 Å². The molecule has 1 amide bonds. The minimum absolute atomic E-state index is 0.0503. The van der Waals surface area contributed by atoms with Gasteiger partial charge in [0.2, 0.25) is 5.91 Å². The van der Waals surface area contributed by atoms with E-state index in [0.717, 1.165) is 44.3 Å². The van der Waals surface area contributed by atoms with Gasteiger partial charge in [-0.2, -0.15) is 0 Å². The summed E-state index contributed by atoms with van der Waals surface area (Å²) in [5.74, 6) is 2.42. The van der Waals surface area contributed by atoms with E-state index >= 15 is 0 Å². The van der Waals surface area contributed by atoms with Gasteiger partial charge >= 0.3 is 0 Å². The quantitative estimate of drug-likeness (QED) is 0.511. The first-order chi connectivity index (χ1) is 16.6. The van der Waals surface area contributed by atoms with Gasteiger partial charge in [-0.1, -0.05) is 19.9 Å². The molecule has 5 rings (SSSR count). The Bertz CT molecular complexity index is 1030. The van der Waals surface area contributed by atoms with Crippen molar-refractivity contribution in [3.63, 3.8) is 0 Å². The summed E-state index contributed by atoms with van der Waals surface area (Å²) in [7, 11) is 0. The predicted molar refractivity (Wildman–Crippen MR) is 143 cm³/mol. The molecule has 3 fully saturated rings. The Morgan fingerprint density at radius 1 is 1.00 bits per heavy atom. The fourth-order valence-corrected chi connectivity index (χ4v) is 9.10. The van der Waals surface area contributed by atoms with E-state index in [0.29, 0.717) is 23.5 Å². The Morgan fingerprint density at radius 2 is 1.69 bits per heavy atom. The molecular formula is C31H44N2O2. The van der Waals surface area contributed by atoms with Crippen molar-refractivity contribution < 1.29 is 9.59 Å². The monoisotopic (exact) mass is 476 g/mol. The molecule has 1 aliphatic heterocycles. The van der Waals surface area contributed by atoms with Crippen molar-refractivity contribution in [2.75, 3.05) is 18.0 Å². The van der Waals surface area contributed by atoms with E-state index in [2.05, 4.69) is 70.0 Å². The van der Waals surface area contributed by atoms with Crippen LogP contribution >= 0.6 is 0 Å². The van der Waals surface area contributed by atoms with Crippen LogP contribution in [0, 0.1) is 48.3 Å². The van der Waals surface area contributed by atoms with Crippen molar-refractivity contribution in [3.8, 4) is 0 Å². The summed E-state index contributed by atoms with van der Waals surface area (Å²) in [5.41, 5.74) is 4.78. The van der Waals surface area contributed by atoms with Crippen LogP contribution in [0.3, 0.4) is 0 Å². The van der Waals surface area contributed by atoms with Gasteiger partial charge in [0.15, 0.2) is 5.78 Å². The summed E-state index contributed by atoms with van der Waals surface area (Å²) in [6.45, 7) is 15.5. The maximum absolute atomic E-state index is 14.0. The molecule has 4 heteroatoms. The molecule has 0 spiro atoms. The molecule has 190 valence electrons. The summed E-state index contributed by atoms with van der Waals surface area (Å²) in [6, 6.07) is 4.58. The zero-order valence-corrected chi connectivity index (χ0v) is 22.6. The average Bonchev–Trinajstić information content (AvgIpc) is 3.18. The summed E-state index contributed by atoms with van der Waals surface area (Å²) < 4.78 is 0. The molecule has 4 nitrogen and oxygen atoms in total. The third kappa shape index (κ3) is 3.69. The Balaban J connectivity index is 1.41. The fourth-order valence-electron chi connectivity index (χ4n) is 9.10. The molecule has 4 aliphatic rings. The lowest BCUT2D eigenvalue weighted by Gasteiger charge is -2.58. The molecule has 0 unspecified atom stereocenters.